The molecule has 0 bridgehead atoms. The van der Waals surface area contributed by atoms with Crippen LogP contribution in [0.15, 0.2) is 11.6 Å². The van der Waals surface area contributed by atoms with Crippen LogP contribution in [0.25, 0.3) is 0 Å². The van der Waals surface area contributed by atoms with Gasteiger partial charge in [-0.3, -0.25) is 0 Å². The van der Waals surface area contributed by atoms with E-state index in [2.05, 4.69) is 26.0 Å². The quantitative estimate of drug-likeness (QED) is 0.518. The highest BCUT2D eigenvalue weighted by Gasteiger charge is 2.39. The molecule has 1 fully saturated rings. The van der Waals surface area contributed by atoms with Crippen molar-refractivity contribution in [1.82, 2.24) is 0 Å². The highest BCUT2D eigenvalue weighted by Crippen LogP contribution is 2.48. The van der Waals surface area contributed by atoms with Crippen LogP contribution in [-0.4, -0.2) is 0 Å². The number of nitriles is 1. The second-order valence-corrected chi connectivity index (χ2v) is 7.44. The van der Waals surface area contributed by atoms with Gasteiger partial charge in [-0.25, -0.2) is 0 Å². The van der Waals surface area contributed by atoms with Gasteiger partial charge in [0.25, 0.3) is 0 Å². The maximum atomic E-state index is 9.83. The number of rotatable bonds is 6. The number of allylic oxidation sites excluding steroid dienone is 2. The summed E-state index contributed by atoms with van der Waals surface area (Å²) in [6, 6.07) is 2.74. The predicted octanol–water partition coefficient (Wildman–Crippen LogP) is 6.40. The molecular formula is C20H33N. The summed E-state index contributed by atoms with van der Waals surface area (Å²) in [5, 5.41) is 9.83. The summed E-state index contributed by atoms with van der Waals surface area (Å²) in [5.41, 5.74) is 1.42. The monoisotopic (exact) mass is 287 g/mol. The Morgan fingerprint density at radius 3 is 2.38 bits per heavy atom. The van der Waals surface area contributed by atoms with Gasteiger partial charge in [0.2, 0.25) is 0 Å². The molecule has 0 aliphatic heterocycles. The van der Waals surface area contributed by atoms with E-state index < -0.39 is 0 Å². The molecule has 2 aliphatic carbocycles. The van der Waals surface area contributed by atoms with Gasteiger partial charge in [0.1, 0.15) is 0 Å². The zero-order valence-electron chi connectivity index (χ0n) is 14.2. The summed E-state index contributed by atoms with van der Waals surface area (Å²) in [6.07, 6.45) is 17.8. The van der Waals surface area contributed by atoms with E-state index in [1.165, 1.54) is 69.8 Å². The van der Waals surface area contributed by atoms with Gasteiger partial charge in [0.15, 0.2) is 0 Å². The topological polar surface area (TPSA) is 23.8 Å². The highest BCUT2D eigenvalue weighted by atomic mass is 14.4. The van der Waals surface area contributed by atoms with E-state index in [1.807, 2.05) is 0 Å². The van der Waals surface area contributed by atoms with Gasteiger partial charge in [-0.1, -0.05) is 57.6 Å². The number of hydrogen-bond donors (Lipinski definition) is 0. The van der Waals surface area contributed by atoms with E-state index in [-0.39, 0.29) is 5.41 Å². The Morgan fingerprint density at radius 1 is 1.10 bits per heavy atom. The summed E-state index contributed by atoms with van der Waals surface area (Å²) >= 11 is 0. The zero-order chi connectivity index (χ0) is 15.1. The molecule has 118 valence electrons. The van der Waals surface area contributed by atoms with Gasteiger partial charge in [0.05, 0.1) is 11.5 Å². The van der Waals surface area contributed by atoms with Gasteiger partial charge in [-0.15, -0.1) is 0 Å². The number of nitrogens with zero attached hydrogens (tertiary/aromatic N) is 1. The van der Waals surface area contributed by atoms with Crippen molar-refractivity contribution in [2.45, 2.75) is 90.9 Å². The number of hydrogen-bond acceptors (Lipinski definition) is 1. The van der Waals surface area contributed by atoms with Gasteiger partial charge in [-0.2, -0.15) is 5.26 Å². The van der Waals surface area contributed by atoms with Crippen molar-refractivity contribution in [3.05, 3.63) is 11.6 Å². The maximum absolute atomic E-state index is 9.83. The third kappa shape index (κ3) is 4.12. The fraction of sp³-hybridized carbons (Fsp3) is 0.850. The minimum absolute atomic E-state index is 0.0834. The van der Waals surface area contributed by atoms with Crippen molar-refractivity contribution >= 4 is 0 Å². The van der Waals surface area contributed by atoms with Crippen LogP contribution < -0.4 is 0 Å². The zero-order valence-corrected chi connectivity index (χ0v) is 14.2. The Labute approximate surface area is 131 Å². The van der Waals surface area contributed by atoms with Crippen LogP contribution in [0, 0.1) is 28.6 Å². The lowest BCUT2D eigenvalue weighted by molar-refractivity contribution is 0.224. The van der Waals surface area contributed by atoms with Crippen molar-refractivity contribution in [3.63, 3.8) is 0 Å². The predicted molar refractivity (Wildman–Crippen MR) is 89.9 cm³/mol. The molecule has 0 aromatic carbocycles. The Hall–Kier alpha value is -0.770. The van der Waals surface area contributed by atoms with Crippen LogP contribution in [0.1, 0.15) is 90.9 Å². The molecule has 0 heterocycles. The lowest BCUT2D eigenvalue weighted by atomic mass is 9.64. The summed E-state index contributed by atoms with van der Waals surface area (Å²) in [4.78, 5) is 0. The smallest absolute Gasteiger partial charge is 0.0782 e. The Kier molecular flexibility index (Phi) is 6.34. The van der Waals surface area contributed by atoms with Crippen molar-refractivity contribution in [1.29, 1.82) is 5.26 Å². The van der Waals surface area contributed by atoms with Crippen LogP contribution in [0.3, 0.4) is 0 Å². The molecule has 1 nitrogen and oxygen atoms in total. The average molecular weight is 287 g/mol. The molecular weight excluding hydrogens is 254 g/mol. The fourth-order valence-electron chi connectivity index (χ4n) is 4.45. The van der Waals surface area contributed by atoms with Crippen LogP contribution in [-0.2, 0) is 0 Å². The molecule has 0 aromatic heterocycles. The normalized spacial score (nSPS) is 33.3. The maximum Gasteiger partial charge on any atom is 0.0782 e. The van der Waals surface area contributed by atoms with Gasteiger partial charge in [0, 0.05) is 0 Å². The molecule has 0 aromatic rings. The van der Waals surface area contributed by atoms with E-state index in [0.29, 0.717) is 0 Å². The van der Waals surface area contributed by atoms with Gasteiger partial charge < -0.3 is 0 Å². The first-order chi connectivity index (χ1) is 10.2. The summed E-state index contributed by atoms with van der Waals surface area (Å²) in [5.74, 6) is 1.78. The van der Waals surface area contributed by atoms with Crippen LogP contribution in [0.5, 0.6) is 0 Å². The third-order valence-corrected chi connectivity index (χ3v) is 5.97. The molecule has 0 saturated heterocycles. The fourth-order valence-corrected chi connectivity index (χ4v) is 4.45. The van der Waals surface area contributed by atoms with E-state index in [9.17, 15) is 5.26 Å². The van der Waals surface area contributed by atoms with E-state index >= 15 is 0 Å². The van der Waals surface area contributed by atoms with Crippen molar-refractivity contribution < 1.29 is 0 Å². The van der Waals surface area contributed by atoms with Crippen LogP contribution in [0.4, 0.5) is 0 Å². The van der Waals surface area contributed by atoms with Crippen molar-refractivity contribution in [3.8, 4) is 6.07 Å². The molecule has 1 atom stereocenters. The van der Waals surface area contributed by atoms with E-state index in [0.717, 1.165) is 24.7 Å². The Balaban J connectivity index is 1.93. The van der Waals surface area contributed by atoms with E-state index in [4.69, 9.17) is 0 Å². The lowest BCUT2D eigenvalue weighted by Gasteiger charge is -2.39. The SMILES string of the molecule is CCCC[C@H]1CC=C([C@]2(C#N)CC[C@H](CCC)CC2)CC1. The second-order valence-electron chi connectivity index (χ2n) is 7.44. The standard InChI is InChI=1S/C20H33N/c1-3-5-7-18-8-10-19(11-9-18)20(16-21)14-12-17(6-4-2)13-15-20/h10,17-18H,3-9,11-15H2,1-2H3/t17-,18-,20+/m0/s1. The molecule has 2 aliphatic rings. The summed E-state index contributed by atoms with van der Waals surface area (Å²) < 4.78 is 0. The largest absolute Gasteiger partial charge is 0.197 e. The minimum Gasteiger partial charge on any atom is -0.197 e. The first-order valence-electron chi connectivity index (χ1n) is 9.34. The Bertz CT molecular complexity index is 379. The molecule has 0 amide bonds. The van der Waals surface area contributed by atoms with E-state index in [1.54, 1.807) is 0 Å². The second kappa shape index (κ2) is 8.02. The minimum atomic E-state index is -0.0834. The molecule has 0 unspecified atom stereocenters. The first-order valence-corrected chi connectivity index (χ1v) is 9.34. The van der Waals surface area contributed by atoms with Crippen LogP contribution >= 0.6 is 0 Å². The summed E-state index contributed by atoms with van der Waals surface area (Å²) in [6.45, 7) is 4.57. The molecule has 2 rings (SSSR count). The third-order valence-electron chi connectivity index (χ3n) is 5.97. The highest BCUT2D eigenvalue weighted by molar-refractivity contribution is 5.26. The van der Waals surface area contributed by atoms with Gasteiger partial charge in [-0.05, 0) is 56.8 Å². The van der Waals surface area contributed by atoms with Crippen molar-refractivity contribution in [2.24, 2.45) is 17.3 Å². The molecule has 0 N–H and O–H groups in total. The molecule has 0 spiro atoms. The average Bonchev–Trinajstić information content (AvgIpc) is 2.55. The molecule has 21 heavy (non-hydrogen) atoms. The van der Waals surface area contributed by atoms with Crippen molar-refractivity contribution in [2.75, 3.05) is 0 Å². The molecule has 0 radical (unpaired) electrons. The van der Waals surface area contributed by atoms with Crippen LogP contribution in [0.2, 0.25) is 0 Å². The lowest BCUT2D eigenvalue weighted by Crippen LogP contribution is -2.29. The summed E-state index contributed by atoms with van der Waals surface area (Å²) in [7, 11) is 0. The molecule has 1 saturated carbocycles. The number of unbranched alkanes of at least 4 members (excludes halogenated alkanes) is 1. The first kappa shape index (κ1) is 16.6. The molecule has 1 heteroatoms. The van der Waals surface area contributed by atoms with Gasteiger partial charge >= 0.3 is 0 Å². The Morgan fingerprint density at radius 2 is 1.86 bits per heavy atom.